The van der Waals surface area contributed by atoms with Crippen molar-refractivity contribution in [3.63, 3.8) is 0 Å². The highest BCUT2D eigenvalue weighted by Crippen LogP contribution is 2.19. The van der Waals surface area contributed by atoms with Gasteiger partial charge in [0.15, 0.2) is 0 Å². The van der Waals surface area contributed by atoms with E-state index in [9.17, 15) is 9.59 Å². The first-order chi connectivity index (χ1) is 7.49. The molecular formula is C11H10ClNO3. The molecule has 0 saturated heterocycles. The number of nitrogens with one attached hydrogen (secondary N) is 1. The van der Waals surface area contributed by atoms with Gasteiger partial charge in [-0.15, -0.1) is 0 Å². The minimum Gasteiger partial charge on any atom is -0.478 e. The largest absolute Gasteiger partial charge is 0.478 e. The Morgan fingerprint density at radius 1 is 1.38 bits per heavy atom. The summed E-state index contributed by atoms with van der Waals surface area (Å²) in [5.74, 6) is -1.68. The molecule has 0 atom stereocenters. The van der Waals surface area contributed by atoms with Crippen LogP contribution in [0.25, 0.3) is 0 Å². The van der Waals surface area contributed by atoms with Gasteiger partial charge in [0.2, 0.25) is 5.91 Å². The molecule has 1 aromatic carbocycles. The van der Waals surface area contributed by atoms with Crippen LogP contribution in [-0.4, -0.2) is 17.0 Å². The van der Waals surface area contributed by atoms with Gasteiger partial charge in [-0.2, -0.15) is 0 Å². The topological polar surface area (TPSA) is 66.4 Å². The lowest BCUT2D eigenvalue weighted by atomic mass is 10.2. The van der Waals surface area contributed by atoms with Crippen molar-refractivity contribution in [3.05, 3.63) is 40.9 Å². The first-order valence-corrected chi connectivity index (χ1v) is 4.85. The summed E-state index contributed by atoms with van der Waals surface area (Å²) in [6, 6.07) is 5.05. The molecule has 0 aliphatic carbocycles. The maximum Gasteiger partial charge on any atom is 0.328 e. The summed E-state index contributed by atoms with van der Waals surface area (Å²) >= 11 is 5.86. The lowest BCUT2D eigenvalue weighted by Gasteiger charge is -2.04. The van der Waals surface area contributed by atoms with Gasteiger partial charge >= 0.3 is 5.97 Å². The van der Waals surface area contributed by atoms with Crippen LogP contribution in [0.4, 0.5) is 5.69 Å². The minimum absolute atomic E-state index is 0.512. The molecule has 0 heterocycles. The van der Waals surface area contributed by atoms with Gasteiger partial charge in [-0.3, -0.25) is 4.79 Å². The van der Waals surface area contributed by atoms with Crippen molar-refractivity contribution in [2.24, 2.45) is 0 Å². The first kappa shape index (κ1) is 12.3. The molecule has 0 unspecified atom stereocenters. The summed E-state index contributed by atoms with van der Waals surface area (Å²) in [4.78, 5) is 21.4. The molecule has 2 N–H and O–H groups in total. The Balaban J connectivity index is 2.70. The predicted octanol–water partition coefficient (Wildman–Crippen LogP) is 2.23. The second-order valence-electron chi connectivity index (χ2n) is 3.12. The number of benzene rings is 1. The maximum absolute atomic E-state index is 11.2. The Morgan fingerprint density at radius 3 is 2.62 bits per heavy atom. The summed E-state index contributed by atoms with van der Waals surface area (Å²) in [5.41, 5.74) is 1.43. The van der Waals surface area contributed by atoms with Crippen molar-refractivity contribution in [3.8, 4) is 0 Å². The van der Waals surface area contributed by atoms with E-state index in [-0.39, 0.29) is 0 Å². The number of aryl methyl sites for hydroxylation is 1. The third-order valence-corrected chi connectivity index (χ3v) is 2.22. The van der Waals surface area contributed by atoms with Crippen LogP contribution in [-0.2, 0) is 9.59 Å². The highest BCUT2D eigenvalue weighted by Gasteiger charge is 2.01. The van der Waals surface area contributed by atoms with E-state index in [2.05, 4.69) is 5.32 Å². The Hall–Kier alpha value is -1.81. The highest BCUT2D eigenvalue weighted by atomic mass is 35.5. The molecule has 0 saturated carbocycles. The van der Waals surface area contributed by atoms with E-state index in [0.717, 1.165) is 17.7 Å². The number of carbonyl (C=O) groups excluding carboxylic acids is 1. The lowest BCUT2D eigenvalue weighted by Crippen LogP contribution is -2.08. The molecule has 0 aliphatic heterocycles. The Bertz CT molecular complexity index is 455. The van der Waals surface area contributed by atoms with E-state index in [1.54, 1.807) is 18.2 Å². The van der Waals surface area contributed by atoms with E-state index in [0.29, 0.717) is 10.7 Å². The number of rotatable bonds is 3. The van der Waals surface area contributed by atoms with E-state index < -0.39 is 11.9 Å². The molecule has 0 radical (unpaired) electrons. The number of carboxylic acid groups (broad SMARTS) is 1. The van der Waals surface area contributed by atoms with Crippen molar-refractivity contribution < 1.29 is 14.7 Å². The molecule has 1 aromatic rings. The first-order valence-electron chi connectivity index (χ1n) is 4.47. The standard InChI is InChI=1S/C11H10ClNO3/c1-7-2-3-8(6-9(7)12)13-10(14)4-5-11(15)16/h2-6H,1H3,(H,13,14)(H,15,16)/b5-4-. The molecule has 1 amide bonds. The molecule has 0 aromatic heterocycles. The third kappa shape index (κ3) is 3.74. The fourth-order valence-electron chi connectivity index (χ4n) is 1.00. The number of carboxylic acids is 1. The Morgan fingerprint density at radius 2 is 2.06 bits per heavy atom. The summed E-state index contributed by atoms with van der Waals surface area (Å²) in [5, 5.41) is 11.4. The normalized spacial score (nSPS) is 10.4. The van der Waals surface area contributed by atoms with Crippen LogP contribution in [0, 0.1) is 6.92 Å². The zero-order chi connectivity index (χ0) is 12.1. The molecule has 5 heteroatoms. The lowest BCUT2D eigenvalue weighted by molar-refractivity contribution is -0.131. The number of amides is 1. The maximum atomic E-state index is 11.2. The number of hydrogen-bond acceptors (Lipinski definition) is 2. The van der Waals surface area contributed by atoms with Crippen molar-refractivity contribution in [1.29, 1.82) is 0 Å². The molecule has 0 bridgehead atoms. The van der Waals surface area contributed by atoms with Crippen LogP contribution >= 0.6 is 11.6 Å². The van der Waals surface area contributed by atoms with Crippen LogP contribution in [0.5, 0.6) is 0 Å². The number of hydrogen-bond donors (Lipinski definition) is 2. The summed E-state index contributed by atoms with van der Waals surface area (Å²) in [6.07, 6.45) is 1.71. The number of aliphatic carboxylic acids is 1. The summed E-state index contributed by atoms with van der Waals surface area (Å²) in [6.45, 7) is 1.85. The monoisotopic (exact) mass is 239 g/mol. The molecule has 84 valence electrons. The average molecular weight is 240 g/mol. The van der Waals surface area contributed by atoms with Gasteiger partial charge in [0.05, 0.1) is 0 Å². The van der Waals surface area contributed by atoms with Crippen LogP contribution < -0.4 is 5.32 Å². The molecular weight excluding hydrogens is 230 g/mol. The van der Waals surface area contributed by atoms with Crippen molar-refractivity contribution >= 4 is 29.2 Å². The quantitative estimate of drug-likeness (QED) is 0.795. The van der Waals surface area contributed by atoms with E-state index >= 15 is 0 Å². The zero-order valence-electron chi connectivity index (χ0n) is 8.53. The average Bonchev–Trinajstić information content (AvgIpc) is 2.21. The van der Waals surface area contributed by atoms with Crippen LogP contribution in [0.2, 0.25) is 5.02 Å². The van der Waals surface area contributed by atoms with Crippen molar-refractivity contribution in [2.75, 3.05) is 5.32 Å². The molecule has 4 nitrogen and oxygen atoms in total. The third-order valence-electron chi connectivity index (χ3n) is 1.82. The SMILES string of the molecule is Cc1ccc(NC(=O)/C=C\C(=O)O)cc1Cl. The number of carbonyl (C=O) groups is 2. The smallest absolute Gasteiger partial charge is 0.328 e. The zero-order valence-corrected chi connectivity index (χ0v) is 9.28. The Kier molecular flexibility index (Phi) is 4.08. The fraction of sp³-hybridized carbons (Fsp3) is 0.0909. The second kappa shape index (κ2) is 5.32. The van der Waals surface area contributed by atoms with Crippen molar-refractivity contribution in [2.45, 2.75) is 6.92 Å². The van der Waals surface area contributed by atoms with Gasteiger partial charge in [0.1, 0.15) is 0 Å². The molecule has 0 aliphatic rings. The van der Waals surface area contributed by atoms with Gasteiger partial charge in [-0.25, -0.2) is 4.79 Å². The van der Waals surface area contributed by atoms with Gasteiger partial charge in [0.25, 0.3) is 0 Å². The minimum atomic E-state index is -1.17. The number of anilines is 1. The van der Waals surface area contributed by atoms with Crippen LogP contribution in [0.1, 0.15) is 5.56 Å². The van der Waals surface area contributed by atoms with Crippen molar-refractivity contribution in [1.82, 2.24) is 0 Å². The van der Waals surface area contributed by atoms with E-state index in [1.807, 2.05) is 6.92 Å². The van der Waals surface area contributed by atoms with Crippen LogP contribution in [0.3, 0.4) is 0 Å². The fourth-order valence-corrected chi connectivity index (χ4v) is 1.18. The highest BCUT2D eigenvalue weighted by molar-refractivity contribution is 6.31. The van der Waals surface area contributed by atoms with Crippen LogP contribution in [0.15, 0.2) is 30.4 Å². The molecule has 16 heavy (non-hydrogen) atoms. The van der Waals surface area contributed by atoms with Gasteiger partial charge < -0.3 is 10.4 Å². The van der Waals surface area contributed by atoms with E-state index in [4.69, 9.17) is 16.7 Å². The molecule has 0 spiro atoms. The van der Waals surface area contributed by atoms with Gasteiger partial charge in [-0.1, -0.05) is 17.7 Å². The summed E-state index contributed by atoms with van der Waals surface area (Å²) in [7, 11) is 0. The Labute approximate surface area is 97.5 Å². The summed E-state index contributed by atoms with van der Waals surface area (Å²) < 4.78 is 0. The van der Waals surface area contributed by atoms with E-state index in [1.165, 1.54) is 0 Å². The second-order valence-corrected chi connectivity index (χ2v) is 3.53. The molecule has 1 rings (SSSR count). The molecule has 0 fully saturated rings. The predicted molar refractivity (Wildman–Crippen MR) is 61.6 cm³/mol. The number of halogens is 1. The van der Waals surface area contributed by atoms with Gasteiger partial charge in [0, 0.05) is 22.9 Å². The van der Waals surface area contributed by atoms with Gasteiger partial charge in [-0.05, 0) is 24.6 Å².